The first-order chi connectivity index (χ1) is 8.25. The Kier molecular flexibility index (Phi) is 2.44. The van der Waals surface area contributed by atoms with Crippen molar-refractivity contribution in [2.24, 2.45) is 12.8 Å². The third kappa shape index (κ3) is 1.74. The number of benzene rings is 1. The average molecular weight is 228 g/mol. The molecule has 0 fully saturated rings. The minimum Gasteiger partial charge on any atom is -0.319 e. The summed E-state index contributed by atoms with van der Waals surface area (Å²) in [5.41, 5.74) is 11.3. The molecule has 17 heavy (non-hydrogen) atoms. The Labute approximate surface area is 100 Å². The van der Waals surface area contributed by atoms with E-state index in [4.69, 9.17) is 5.73 Å². The van der Waals surface area contributed by atoms with Crippen molar-refractivity contribution >= 4 is 0 Å². The van der Waals surface area contributed by atoms with Crippen molar-refractivity contribution in [3.8, 4) is 0 Å². The first-order valence-electron chi connectivity index (χ1n) is 5.97. The number of rotatable bonds is 2. The van der Waals surface area contributed by atoms with Crippen LogP contribution >= 0.6 is 0 Å². The zero-order valence-electron chi connectivity index (χ0n) is 9.93. The third-order valence-electron chi connectivity index (χ3n) is 3.55. The fourth-order valence-electron chi connectivity index (χ4n) is 2.54. The molecule has 0 radical (unpaired) electrons. The van der Waals surface area contributed by atoms with Gasteiger partial charge in [0.2, 0.25) is 0 Å². The molecule has 0 saturated carbocycles. The van der Waals surface area contributed by atoms with E-state index in [0.717, 1.165) is 11.3 Å². The molecular weight excluding hydrogens is 212 g/mol. The maximum atomic E-state index is 6.25. The lowest BCUT2D eigenvalue weighted by Gasteiger charge is -2.13. The highest BCUT2D eigenvalue weighted by Gasteiger charge is 2.17. The molecular formula is C13H16N4. The van der Waals surface area contributed by atoms with Gasteiger partial charge in [-0.05, 0) is 36.0 Å². The minimum absolute atomic E-state index is 0.138. The van der Waals surface area contributed by atoms with Gasteiger partial charge in [-0.15, -0.1) is 5.10 Å². The molecule has 1 heterocycles. The van der Waals surface area contributed by atoms with Gasteiger partial charge in [0, 0.05) is 7.05 Å². The lowest BCUT2D eigenvalue weighted by Crippen LogP contribution is -2.16. The van der Waals surface area contributed by atoms with Gasteiger partial charge in [0.25, 0.3) is 0 Å². The van der Waals surface area contributed by atoms with Gasteiger partial charge in [0.05, 0.1) is 17.9 Å². The van der Waals surface area contributed by atoms with Crippen molar-refractivity contribution in [3.63, 3.8) is 0 Å². The average Bonchev–Trinajstić information content (AvgIpc) is 2.95. The molecule has 1 atom stereocenters. The van der Waals surface area contributed by atoms with Crippen molar-refractivity contribution in [1.29, 1.82) is 0 Å². The van der Waals surface area contributed by atoms with E-state index in [1.807, 2.05) is 7.05 Å². The van der Waals surface area contributed by atoms with Crippen LogP contribution in [0.3, 0.4) is 0 Å². The van der Waals surface area contributed by atoms with Gasteiger partial charge in [-0.2, -0.15) is 0 Å². The van der Waals surface area contributed by atoms with Gasteiger partial charge in [0.15, 0.2) is 0 Å². The summed E-state index contributed by atoms with van der Waals surface area (Å²) in [4.78, 5) is 0. The molecule has 4 nitrogen and oxygen atoms in total. The van der Waals surface area contributed by atoms with Crippen molar-refractivity contribution in [2.75, 3.05) is 0 Å². The SMILES string of the molecule is Cn1nncc1C(N)c1ccc2c(c1)CCC2. The zero-order valence-corrected chi connectivity index (χ0v) is 9.93. The Morgan fingerprint density at radius 1 is 1.29 bits per heavy atom. The number of hydrogen-bond donors (Lipinski definition) is 1. The monoisotopic (exact) mass is 228 g/mol. The predicted octanol–water partition coefficient (Wildman–Crippen LogP) is 1.35. The van der Waals surface area contributed by atoms with E-state index in [9.17, 15) is 0 Å². The second-order valence-electron chi connectivity index (χ2n) is 4.64. The normalized spacial score (nSPS) is 15.9. The lowest BCUT2D eigenvalue weighted by molar-refractivity contribution is 0.651. The Bertz CT molecular complexity index is 544. The van der Waals surface area contributed by atoms with Crippen LogP contribution in [0.25, 0.3) is 0 Å². The van der Waals surface area contributed by atoms with Crippen LogP contribution in [0.5, 0.6) is 0 Å². The zero-order chi connectivity index (χ0) is 11.8. The molecule has 2 aromatic rings. The van der Waals surface area contributed by atoms with Gasteiger partial charge in [0.1, 0.15) is 0 Å². The molecule has 0 amide bonds. The van der Waals surface area contributed by atoms with Crippen LogP contribution in [-0.2, 0) is 19.9 Å². The van der Waals surface area contributed by atoms with Gasteiger partial charge in [-0.1, -0.05) is 23.4 Å². The number of nitrogens with two attached hydrogens (primary N) is 1. The largest absolute Gasteiger partial charge is 0.319 e. The first kappa shape index (κ1) is 10.5. The van der Waals surface area contributed by atoms with Crippen molar-refractivity contribution in [1.82, 2.24) is 15.0 Å². The fraction of sp³-hybridized carbons (Fsp3) is 0.385. The van der Waals surface area contributed by atoms with Crippen LogP contribution < -0.4 is 5.73 Å². The van der Waals surface area contributed by atoms with Crippen molar-refractivity contribution in [2.45, 2.75) is 25.3 Å². The Morgan fingerprint density at radius 2 is 2.12 bits per heavy atom. The van der Waals surface area contributed by atoms with Crippen LogP contribution in [0.2, 0.25) is 0 Å². The fourth-order valence-corrected chi connectivity index (χ4v) is 2.54. The second kappa shape index (κ2) is 3.96. The molecule has 1 aromatic heterocycles. The second-order valence-corrected chi connectivity index (χ2v) is 4.64. The molecule has 1 aliphatic rings. The van der Waals surface area contributed by atoms with E-state index in [1.54, 1.807) is 10.9 Å². The molecule has 0 saturated heterocycles. The van der Waals surface area contributed by atoms with Gasteiger partial charge in [-0.25, -0.2) is 0 Å². The standard InChI is InChI=1S/C13H16N4/c1-17-12(8-15-16-17)13(14)11-6-5-9-3-2-4-10(9)7-11/h5-8,13H,2-4,14H2,1H3. The van der Waals surface area contributed by atoms with Crippen LogP contribution in [0.15, 0.2) is 24.4 Å². The Balaban J connectivity index is 1.97. The van der Waals surface area contributed by atoms with Crippen LogP contribution in [0.4, 0.5) is 0 Å². The molecule has 3 rings (SSSR count). The molecule has 0 aliphatic heterocycles. The molecule has 0 bridgehead atoms. The molecule has 1 unspecified atom stereocenters. The lowest BCUT2D eigenvalue weighted by atomic mass is 10.00. The van der Waals surface area contributed by atoms with Gasteiger partial charge >= 0.3 is 0 Å². The smallest absolute Gasteiger partial charge is 0.0796 e. The summed E-state index contributed by atoms with van der Waals surface area (Å²) < 4.78 is 1.73. The highest BCUT2D eigenvalue weighted by atomic mass is 15.4. The number of aryl methyl sites for hydroxylation is 3. The van der Waals surface area contributed by atoms with Gasteiger partial charge < -0.3 is 5.73 Å². The molecule has 88 valence electrons. The Morgan fingerprint density at radius 3 is 2.88 bits per heavy atom. The number of nitrogens with zero attached hydrogens (tertiary/aromatic N) is 3. The minimum atomic E-state index is -0.138. The van der Waals surface area contributed by atoms with E-state index in [0.29, 0.717) is 0 Å². The van der Waals surface area contributed by atoms with Crippen LogP contribution in [-0.4, -0.2) is 15.0 Å². The summed E-state index contributed by atoms with van der Waals surface area (Å²) in [5, 5.41) is 7.80. The quantitative estimate of drug-likeness (QED) is 0.844. The summed E-state index contributed by atoms with van der Waals surface area (Å²) >= 11 is 0. The topological polar surface area (TPSA) is 56.7 Å². The third-order valence-corrected chi connectivity index (χ3v) is 3.55. The van der Waals surface area contributed by atoms with E-state index in [1.165, 1.54) is 30.4 Å². The molecule has 0 spiro atoms. The molecule has 1 aromatic carbocycles. The summed E-state index contributed by atoms with van der Waals surface area (Å²) in [7, 11) is 1.87. The summed E-state index contributed by atoms with van der Waals surface area (Å²) in [6.45, 7) is 0. The van der Waals surface area contributed by atoms with Gasteiger partial charge in [-0.3, -0.25) is 4.68 Å². The van der Waals surface area contributed by atoms with Crippen molar-refractivity contribution < 1.29 is 0 Å². The van der Waals surface area contributed by atoms with E-state index in [2.05, 4.69) is 28.5 Å². The maximum absolute atomic E-state index is 6.25. The van der Waals surface area contributed by atoms with E-state index < -0.39 is 0 Å². The maximum Gasteiger partial charge on any atom is 0.0796 e. The summed E-state index contributed by atoms with van der Waals surface area (Å²) in [6, 6.07) is 6.43. The van der Waals surface area contributed by atoms with E-state index >= 15 is 0 Å². The molecule has 4 heteroatoms. The molecule has 1 aliphatic carbocycles. The highest BCUT2D eigenvalue weighted by molar-refractivity contribution is 5.38. The predicted molar refractivity (Wildman–Crippen MR) is 65.5 cm³/mol. The number of hydrogen-bond acceptors (Lipinski definition) is 3. The number of aromatic nitrogens is 3. The first-order valence-corrected chi connectivity index (χ1v) is 5.97. The van der Waals surface area contributed by atoms with E-state index in [-0.39, 0.29) is 6.04 Å². The number of fused-ring (bicyclic) bond motifs is 1. The summed E-state index contributed by atoms with van der Waals surface area (Å²) in [6.07, 6.45) is 5.39. The van der Waals surface area contributed by atoms with Crippen LogP contribution in [0.1, 0.15) is 34.8 Å². The molecule has 2 N–H and O–H groups in total. The Hall–Kier alpha value is -1.68. The van der Waals surface area contributed by atoms with Crippen LogP contribution in [0, 0.1) is 0 Å². The highest BCUT2D eigenvalue weighted by Crippen LogP contribution is 2.26. The summed E-state index contributed by atoms with van der Waals surface area (Å²) in [5.74, 6) is 0. The van der Waals surface area contributed by atoms with Crippen molar-refractivity contribution in [3.05, 3.63) is 46.8 Å².